The molecular weight excluding hydrogens is 304 g/mol. The molecule has 5 heteroatoms. The number of ketones is 1. The topological polar surface area (TPSA) is 59.5 Å². The number of methoxy groups -OCH3 is 1. The lowest BCUT2D eigenvalue weighted by Crippen LogP contribution is -2.40. The smallest absolute Gasteiger partial charge is 0.254 e. The molecule has 1 aromatic carbocycles. The minimum atomic E-state index is -0.404. The second kappa shape index (κ2) is 6.83. The van der Waals surface area contributed by atoms with Crippen molar-refractivity contribution in [1.29, 1.82) is 0 Å². The summed E-state index contributed by atoms with van der Waals surface area (Å²) in [5, 5.41) is 0. The second-order valence-electron chi connectivity index (χ2n) is 5.94. The van der Waals surface area contributed by atoms with Gasteiger partial charge >= 0.3 is 0 Å². The Bertz CT molecular complexity index is 758. The van der Waals surface area contributed by atoms with Crippen LogP contribution < -0.4 is 4.74 Å². The van der Waals surface area contributed by atoms with Crippen LogP contribution in [0.25, 0.3) is 0 Å². The Labute approximate surface area is 141 Å². The highest BCUT2D eigenvalue weighted by molar-refractivity contribution is 6.04. The first kappa shape index (κ1) is 16.2. The first-order chi connectivity index (χ1) is 11.6. The normalized spacial score (nSPS) is 16.9. The number of likely N-dealkylation sites (tertiary alicyclic amines) is 1. The summed E-state index contributed by atoms with van der Waals surface area (Å²) in [5.41, 5.74) is 2.09. The maximum atomic E-state index is 12.9. The van der Waals surface area contributed by atoms with Crippen molar-refractivity contribution in [3.8, 4) is 5.75 Å². The quantitative estimate of drug-likeness (QED) is 0.812. The summed E-state index contributed by atoms with van der Waals surface area (Å²) < 4.78 is 5.24. The molecule has 5 nitrogen and oxygen atoms in total. The van der Waals surface area contributed by atoms with Crippen molar-refractivity contribution in [2.45, 2.75) is 25.8 Å². The number of amides is 1. The molecule has 124 valence electrons. The third-order valence-corrected chi connectivity index (χ3v) is 4.42. The van der Waals surface area contributed by atoms with Crippen molar-refractivity contribution in [3.63, 3.8) is 0 Å². The van der Waals surface area contributed by atoms with Crippen LogP contribution in [0.2, 0.25) is 0 Å². The van der Waals surface area contributed by atoms with Crippen LogP contribution in [0.5, 0.6) is 5.75 Å². The molecule has 1 aromatic heterocycles. The number of carbonyl (C=O) groups is 2. The monoisotopic (exact) mass is 324 g/mol. The Hall–Kier alpha value is -2.69. The number of benzene rings is 1. The van der Waals surface area contributed by atoms with Gasteiger partial charge in [0.25, 0.3) is 5.91 Å². The van der Waals surface area contributed by atoms with Crippen molar-refractivity contribution in [2.24, 2.45) is 0 Å². The molecule has 2 heterocycles. The number of pyridine rings is 1. The number of hydrogen-bond acceptors (Lipinski definition) is 4. The van der Waals surface area contributed by atoms with Crippen LogP contribution in [0, 0.1) is 6.92 Å². The molecule has 2 aromatic rings. The molecule has 0 aliphatic carbocycles. The van der Waals surface area contributed by atoms with Gasteiger partial charge in [0.1, 0.15) is 5.75 Å². The number of ether oxygens (including phenoxy) is 1. The van der Waals surface area contributed by atoms with E-state index >= 15 is 0 Å². The zero-order valence-electron chi connectivity index (χ0n) is 13.9. The van der Waals surface area contributed by atoms with Gasteiger partial charge in [0.05, 0.1) is 13.2 Å². The van der Waals surface area contributed by atoms with Crippen LogP contribution >= 0.6 is 0 Å². The molecule has 1 saturated heterocycles. The summed E-state index contributed by atoms with van der Waals surface area (Å²) in [7, 11) is 1.61. The summed E-state index contributed by atoms with van der Waals surface area (Å²) in [5.74, 6) is 0.627. The maximum Gasteiger partial charge on any atom is 0.254 e. The van der Waals surface area contributed by atoms with Gasteiger partial charge in [-0.1, -0.05) is 0 Å². The van der Waals surface area contributed by atoms with Gasteiger partial charge in [0.2, 0.25) is 0 Å². The number of carbonyl (C=O) groups excluding carboxylic acids is 2. The fourth-order valence-corrected chi connectivity index (χ4v) is 3.17. The van der Waals surface area contributed by atoms with Gasteiger partial charge in [0, 0.05) is 30.1 Å². The van der Waals surface area contributed by atoms with Crippen molar-refractivity contribution in [2.75, 3.05) is 13.7 Å². The molecule has 1 aliphatic heterocycles. The lowest BCUT2D eigenvalue weighted by molar-refractivity contribution is 0.0671. The van der Waals surface area contributed by atoms with E-state index in [1.807, 2.05) is 13.0 Å². The van der Waals surface area contributed by atoms with Gasteiger partial charge < -0.3 is 9.64 Å². The van der Waals surface area contributed by atoms with Gasteiger partial charge in [0.15, 0.2) is 5.78 Å². The average Bonchev–Trinajstić information content (AvgIpc) is 3.10. The first-order valence-corrected chi connectivity index (χ1v) is 8.01. The summed E-state index contributed by atoms with van der Waals surface area (Å²) in [6.45, 7) is 2.51. The molecule has 0 radical (unpaired) electrons. The Balaban J connectivity index is 1.84. The molecule has 1 atom stereocenters. The standard InChI is InChI=1S/C19H20N2O3/c1-13-12-15(5-6-17(13)24-2)18(22)16-4-3-11-21(16)19(23)14-7-9-20-10-8-14/h5-10,12,16H,3-4,11H2,1-2H3. The van der Waals surface area contributed by atoms with Crippen molar-refractivity contribution in [1.82, 2.24) is 9.88 Å². The van der Waals surface area contributed by atoms with Crippen LogP contribution in [0.4, 0.5) is 0 Å². The fraction of sp³-hybridized carbons (Fsp3) is 0.316. The molecule has 1 aliphatic rings. The molecule has 0 saturated carbocycles. The van der Waals surface area contributed by atoms with E-state index in [0.29, 0.717) is 24.1 Å². The Kier molecular flexibility index (Phi) is 4.60. The summed E-state index contributed by atoms with van der Waals surface area (Å²) in [6, 6.07) is 8.35. The minimum absolute atomic E-state index is 0.0133. The van der Waals surface area contributed by atoms with E-state index < -0.39 is 6.04 Å². The van der Waals surface area contributed by atoms with Crippen LogP contribution in [-0.2, 0) is 0 Å². The Morgan fingerprint density at radius 2 is 1.92 bits per heavy atom. The Morgan fingerprint density at radius 1 is 1.17 bits per heavy atom. The second-order valence-corrected chi connectivity index (χ2v) is 5.94. The first-order valence-electron chi connectivity index (χ1n) is 8.01. The van der Waals surface area contributed by atoms with Crippen LogP contribution in [-0.4, -0.2) is 41.3 Å². The number of aromatic nitrogens is 1. The Morgan fingerprint density at radius 3 is 2.58 bits per heavy atom. The molecule has 24 heavy (non-hydrogen) atoms. The fourth-order valence-electron chi connectivity index (χ4n) is 3.17. The number of Topliss-reactive ketones (excluding diaryl/α,β-unsaturated/α-hetero) is 1. The lowest BCUT2D eigenvalue weighted by Gasteiger charge is -2.24. The zero-order chi connectivity index (χ0) is 17.1. The van der Waals surface area contributed by atoms with E-state index in [2.05, 4.69) is 4.98 Å². The number of aryl methyl sites for hydroxylation is 1. The lowest BCUT2D eigenvalue weighted by atomic mass is 9.99. The van der Waals surface area contributed by atoms with Crippen molar-refractivity contribution >= 4 is 11.7 Å². The number of hydrogen-bond donors (Lipinski definition) is 0. The third kappa shape index (κ3) is 3.02. The van der Waals surface area contributed by atoms with Gasteiger partial charge in [-0.25, -0.2) is 0 Å². The molecule has 1 unspecified atom stereocenters. The molecule has 1 amide bonds. The molecule has 0 bridgehead atoms. The zero-order valence-corrected chi connectivity index (χ0v) is 13.9. The van der Waals surface area contributed by atoms with E-state index in [4.69, 9.17) is 4.74 Å². The van der Waals surface area contributed by atoms with Gasteiger partial charge in [-0.15, -0.1) is 0 Å². The highest BCUT2D eigenvalue weighted by atomic mass is 16.5. The third-order valence-electron chi connectivity index (χ3n) is 4.42. The van der Waals surface area contributed by atoms with Crippen LogP contribution in [0.15, 0.2) is 42.7 Å². The highest BCUT2D eigenvalue weighted by Crippen LogP contribution is 2.25. The van der Waals surface area contributed by atoms with E-state index in [1.165, 1.54) is 0 Å². The van der Waals surface area contributed by atoms with Crippen molar-refractivity contribution < 1.29 is 14.3 Å². The molecule has 1 fully saturated rings. The van der Waals surface area contributed by atoms with Crippen LogP contribution in [0.1, 0.15) is 39.1 Å². The van der Waals surface area contributed by atoms with E-state index in [9.17, 15) is 9.59 Å². The number of rotatable bonds is 4. The van der Waals surface area contributed by atoms with E-state index in [1.54, 1.807) is 48.7 Å². The SMILES string of the molecule is COc1ccc(C(=O)C2CCCN2C(=O)c2ccncc2)cc1C. The van der Waals surface area contributed by atoms with E-state index in [-0.39, 0.29) is 11.7 Å². The largest absolute Gasteiger partial charge is 0.496 e. The predicted octanol–water partition coefficient (Wildman–Crippen LogP) is 2.89. The highest BCUT2D eigenvalue weighted by Gasteiger charge is 2.35. The molecule has 3 rings (SSSR count). The molecular formula is C19H20N2O3. The molecule has 0 N–H and O–H groups in total. The number of nitrogens with zero attached hydrogens (tertiary/aromatic N) is 2. The van der Waals surface area contributed by atoms with E-state index in [0.717, 1.165) is 17.7 Å². The molecule has 0 spiro atoms. The van der Waals surface area contributed by atoms with Gasteiger partial charge in [-0.3, -0.25) is 14.6 Å². The maximum absolute atomic E-state index is 12.9. The van der Waals surface area contributed by atoms with Gasteiger partial charge in [-0.05, 0) is 55.7 Å². The average molecular weight is 324 g/mol. The van der Waals surface area contributed by atoms with Gasteiger partial charge in [-0.2, -0.15) is 0 Å². The summed E-state index contributed by atoms with van der Waals surface area (Å²) in [6.07, 6.45) is 4.71. The van der Waals surface area contributed by atoms with Crippen LogP contribution in [0.3, 0.4) is 0 Å². The van der Waals surface area contributed by atoms with Crippen molar-refractivity contribution in [3.05, 3.63) is 59.4 Å². The summed E-state index contributed by atoms with van der Waals surface area (Å²) >= 11 is 0. The predicted molar refractivity (Wildman–Crippen MR) is 90.4 cm³/mol. The minimum Gasteiger partial charge on any atom is -0.496 e. The summed E-state index contributed by atoms with van der Waals surface area (Å²) in [4.78, 5) is 31.2.